The number of carbonyl (C=O) groups excluding carboxylic acids is 1. The zero-order chi connectivity index (χ0) is 15.2. The van der Waals surface area contributed by atoms with Crippen LogP contribution in [0.1, 0.15) is 41.1 Å². The van der Waals surface area contributed by atoms with Gasteiger partial charge in [-0.2, -0.15) is 5.10 Å². The second-order valence-corrected chi connectivity index (χ2v) is 6.60. The Balaban J connectivity index is 1.63. The first-order valence-electron chi connectivity index (χ1n) is 7.97. The van der Waals surface area contributed by atoms with Gasteiger partial charge in [0, 0.05) is 38.6 Å². The quantitative estimate of drug-likeness (QED) is 0.859. The fourth-order valence-corrected chi connectivity index (χ4v) is 3.67. The number of ketones is 1. The topological polar surface area (TPSA) is 53.9 Å². The molecular weight excluding hydrogens is 278 g/mol. The zero-order valence-electron chi connectivity index (χ0n) is 12.8. The maximum absolute atomic E-state index is 12.6. The van der Waals surface area contributed by atoms with E-state index in [4.69, 9.17) is 4.74 Å². The SMILES string of the molecule is CN1CC(c2ccc3c(c2)C(=O)CC2(CCNCC2)O3)C=N1. The number of nitrogens with one attached hydrogen (secondary N) is 1. The second kappa shape index (κ2) is 5.09. The van der Waals surface area contributed by atoms with E-state index >= 15 is 0 Å². The number of rotatable bonds is 1. The van der Waals surface area contributed by atoms with E-state index in [2.05, 4.69) is 16.5 Å². The Morgan fingerprint density at radius 3 is 2.91 bits per heavy atom. The van der Waals surface area contributed by atoms with Gasteiger partial charge in [0.05, 0.1) is 12.0 Å². The first kappa shape index (κ1) is 13.8. The molecule has 0 aliphatic carbocycles. The van der Waals surface area contributed by atoms with Gasteiger partial charge in [-0.05, 0) is 30.8 Å². The normalized spacial score (nSPS) is 26.1. The predicted octanol–water partition coefficient (Wildman–Crippen LogP) is 1.79. The molecule has 1 unspecified atom stereocenters. The third-order valence-corrected chi connectivity index (χ3v) is 4.96. The molecule has 0 amide bonds. The first-order chi connectivity index (χ1) is 10.7. The molecule has 4 rings (SSSR count). The number of carbonyl (C=O) groups is 1. The van der Waals surface area contributed by atoms with Gasteiger partial charge in [-0.3, -0.25) is 9.80 Å². The lowest BCUT2D eigenvalue weighted by Gasteiger charge is -2.41. The van der Waals surface area contributed by atoms with Crippen molar-refractivity contribution in [1.82, 2.24) is 10.3 Å². The molecule has 1 fully saturated rings. The summed E-state index contributed by atoms with van der Waals surface area (Å²) in [4.78, 5) is 12.6. The van der Waals surface area contributed by atoms with Crippen molar-refractivity contribution in [2.75, 3.05) is 26.7 Å². The molecule has 3 heterocycles. The van der Waals surface area contributed by atoms with Crippen LogP contribution >= 0.6 is 0 Å². The summed E-state index contributed by atoms with van der Waals surface area (Å²) in [7, 11) is 1.96. The summed E-state index contributed by atoms with van der Waals surface area (Å²) in [6.45, 7) is 2.71. The number of hydrazone groups is 1. The summed E-state index contributed by atoms with van der Waals surface area (Å²) >= 11 is 0. The third kappa shape index (κ3) is 2.29. The lowest BCUT2D eigenvalue weighted by molar-refractivity contribution is 0.0187. The summed E-state index contributed by atoms with van der Waals surface area (Å²) in [5.74, 6) is 1.23. The van der Waals surface area contributed by atoms with Crippen LogP contribution < -0.4 is 10.1 Å². The van der Waals surface area contributed by atoms with Crippen molar-refractivity contribution in [3.63, 3.8) is 0 Å². The Morgan fingerprint density at radius 2 is 2.18 bits per heavy atom. The second-order valence-electron chi connectivity index (χ2n) is 6.60. The van der Waals surface area contributed by atoms with Crippen LogP contribution in [0.15, 0.2) is 23.3 Å². The van der Waals surface area contributed by atoms with E-state index in [1.165, 1.54) is 0 Å². The summed E-state index contributed by atoms with van der Waals surface area (Å²) in [6.07, 6.45) is 4.26. The van der Waals surface area contributed by atoms with Crippen molar-refractivity contribution in [2.45, 2.75) is 30.8 Å². The fourth-order valence-electron chi connectivity index (χ4n) is 3.67. The van der Waals surface area contributed by atoms with Crippen molar-refractivity contribution in [3.8, 4) is 5.75 Å². The zero-order valence-corrected chi connectivity index (χ0v) is 12.8. The van der Waals surface area contributed by atoms with Gasteiger partial charge in [-0.25, -0.2) is 0 Å². The molecule has 1 spiro atoms. The van der Waals surface area contributed by atoms with Crippen molar-refractivity contribution in [1.29, 1.82) is 0 Å². The van der Waals surface area contributed by atoms with E-state index in [1.807, 2.05) is 30.4 Å². The lowest BCUT2D eigenvalue weighted by Crippen LogP contribution is -2.49. The highest BCUT2D eigenvalue weighted by atomic mass is 16.5. The van der Waals surface area contributed by atoms with E-state index in [0.29, 0.717) is 6.42 Å². The van der Waals surface area contributed by atoms with Gasteiger partial charge in [0.1, 0.15) is 11.4 Å². The highest BCUT2D eigenvalue weighted by Crippen LogP contribution is 2.39. The molecule has 0 bridgehead atoms. The van der Waals surface area contributed by atoms with Crippen molar-refractivity contribution < 1.29 is 9.53 Å². The maximum Gasteiger partial charge on any atom is 0.170 e. The average molecular weight is 299 g/mol. The highest BCUT2D eigenvalue weighted by Gasteiger charge is 2.41. The number of nitrogens with zero attached hydrogens (tertiary/aromatic N) is 2. The minimum Gasteiger partial charge on any atom is -0.486 e. The number of hydrogen-bond acceptors (Lipinski definition) is 5. The van der Waals surface area contributed by atoms with Gasteiger partial charge in [-0.15, -0.1) is 0 Å². The standard InChI is InChI=1S/C17H21N3O2/c1-20-11-13(10-19-20)12-2-3-16-14(8-12)15(21)9-17(22-16)4-6-18-7-5-17/h2-3,8,10,13,18H,4-7,9,11H2,1H3. The molecule has 0 saturated carbocycles. The molecule has 1 atom stereocenters. The van der Waals surface area contributed by atoms with Crippen LogP contribution in [0.2, 0.25) is 0 Å². The van der Waals surface area contributed by atoms with Gasteiger partial charge in [0.15, 0.2) is 5.78 Å². The van der Waals surface area contributed by atoms with Crippen LogP contribution in [0.4, 0.5) is 0 Å². The number of piperidine rings is 1. The number of fused-ring (bicyclic) bond motifs is 1. The van der Waals surface area contributed by atoms with Gasteiger partial charge < -0.3 is 10.1 Å². The van der Waals surface area contributed by atoms with Crippen LogP contribution in [0.3, 0.4) is 0 Å². The van der Waals surface area contributed by atoms with Gasteiger partial charge in [0.2, 0.25) is 0 Å². The Bertz CT molecular complexity index is 635. The molecule has 3 aliphatic heterocycles. The van der Waals surface area contributed by atoms with Crippen LogP contribution in [-0.4, -0.2) is 49.3 Å². The minimum absolute atomic E-state index is 0.216. The molecule has 1 aromatic rings. The van der Waals surface area contributed by atoms with Gasteiger partial charge in [-0.1, -0.05) is 6.07 Å². The predicted molar refractivity (Wildman–Crippen MR) is 84.7 cm³/mol. The average Bonchev–Trinajstić information content (AvgIpc) is 2.94. The number of likely N-dealkylation sites (N-methyl/N-ethyl adjacent to an activating group) is 1. The first-order valence-corrected chi connectivity index (χ1v) is 7.97. The summed E-state index contributed by atoms with van der Waals surface area (Å²) in [5.41, 5.74) is 1.60. The monoisotopic (exact) mass is 299 g/mol. The van der Waals surface area contributed by atoms with Crippen molar-refractivity contribution >= 4 is 12.0 Å². The molecule has 22 heavy (non-hydrogen) atoms. The number of hydrogen-bond donors (Lipinski definition) is 1. The molecule has 5 heteroatoms. The molecule has 3 aliphatic rings. The maximum atomic E-state index is 12.6. The van der Waals surface area contributed by atoms with Crippen molar-refractivity contribution in [3.05, 3.63) is 29.3 Å². The number of ether oxygens (including phenoxy) is 1. The summed E-state index contributed by atoms with van der Waals surface area (Å²) < 4.78 is 6.26. The Hall–Kier alpha value is -1.88. The van der Waals surface area contributed by atoms with E-state index in [9.17, 15) is 4.79 Å². The van der Waals surface area contributed by atoms with Gasteiger partial charge >= 0.3 is 0 Å². The molecule has 1 N–H and O–H groups in total. The Labute approximate surface area is 130 Å². The molecule has 1 aromatic carbocycles. The van der Waals surface area contributed by atoms with E-state index < -0.39 is 0 Å². The molecule has 0 radical (unpaired) electrons. The van der Waals surface area contributed by atoms with Gasteiger partial charge in [0.25, 0.3) is 0 Å². The minimum atomic E-state index is -0.286. The number of Topliss-reactive ketones (excluding diaryl/α,β-unsaturated/α-hetero) is 1. The van der Waals surface area contributed by atoms with E-state index in [0.717, 1.165) is 49.4 Å². The molecule has 116 valence electrons. The van der Waals surface area contributed by atoms with Crippen LogP contribution in [0.5, 0.6) is 5.75 Å². The summed E-state index contributed by atoms with van der Waals surface area (Å²) in [5, 5.41) is 9.54. The fraction of sp³-hybridized carbons (Fsp3) is 0.529. The van der Waals surface area contributed by atoms with Crippen molar-refractivity contribution in [2.24, 2.45) is 5.10 Å². The summed E-state index contributed by atoms with van der Waals surface area (Å²) in [6, 6.07) is 6.04. The van der Waals surface area contributed by atoms with Crippen LogP contribution in [0.25, 0.3) is 0 Å². The van der Waals surface area contributed by atoms with Crippen LogP contribution in [0, 0.1) is 0 Å². The largest absolute Gasteiger partial charge is 0.486 e. The van der Waals surface area contributed by atoms with E-state index in [-0.39, 0.29) is 17.3 Å². The highest BCUT2D eigenvalue weighted by molar-refractivity contribution is 6.00. The number of benzene rings is 1. The van der Waals surface area contributed by atoms with E-state index in [1.54, 1.807) is 0 Å². The molecule has 1 saturated heterocycles. The molecule has 5 nitrogen and oxygen atoms in total. The Morgan fingerprint density at radius 1 is 1.36 bits per heavy atom. The molecular formula is C17H21N3O2. The molecule has 0 aromatic heterocycles. The third-order valence-electron chi connectivity index (χ3n) is 4.96. The Kier molecular flexibility index (Phi) is 3.18. The van der Waals surface area contributed by atoms with Crippen LogP contribution in [-0.2, 0) is 0 Å². The smallest absolute Gasteiger partial charge is 0.170 e. The lowest BCUT2D eigenvalue weighted by atomic mass is 9.82.